The van der Waals surface area contributed by atoms with Crippen molar-refractivity contribution in [2.24, 2.45) is 16.1 Å². The van der Waals surface area contributed by atoms with Crippen molar-refractivity contribution < 1.29 is 4.79 Å². The molecular weight excluding hydrogens is 264 g/mol. The van der Waals surface area contributed by atoms with Crippen LogP contribution in [0.1, 0.15) is 66.2 Å². The predicted octanol–water partition coefficient (Wildman–Crippen LogP) is 2.41. The lowest BCUT2D eigenvalue weighted by molar-refractivity contribution is -0.128. The second-order valence-electron chi connectivity index (χ2n) is 6.14. The predicted molar refractivity (Wildman–Crippen MR) is 90.3 cm³/mol. The number of hydrogen-bond acceptors (Lipinski definition) is 2. The zero-order valence-electron chi connectivity index (χ0n) is 14.3. The highest BCUT2D eigenvalue weighted by Crippen LogP contribution is 2.15. The van der Waals surface area contributed by atoms with E-state index < -0.39 is 5.41 Å². The highest BCUT2D eigenvalue weighted by molar-refractivity contribution is 5.83. The Labute approximate surface area is 130 Å². The maximum Gasteiger partial charge on any atom is 0.227 e. The van der Waals surface area contributed by atoms with Gasteiger partial charge in [-0.2, -0.15) is 0 Å². The summed E-state index contributed by atoms with van der Waals surface area (Å²) in [5.74, 6) is 0.443. The minimum atomic E-state index is -0.525. The van der Waals surface area contributed by atoms with Crippen LogP contribution in [0, 0.1) is 5.41 Å². The molecule has 0 aliphatic rings. The molecule has 4 N–H and O–H groups in total. The summed E-state index contributed by atoms with van der Waals surface area (Å²) in [6.45, 7) is 9.77. The average molecular weight is 298 g/mol. The van der Waals surface area contributed by atoms with Crippen molar-refractivity contribution in [1.82, 2.24) is 10.6 Å². The van der Waals surface area contributed by atoms with E-state index in [1.807, 2.05) is 20.8 Å². The van der Waals surface area contributed by atoms with Gasteiger partial charge in [0, 0.05) is 13.1 Å². The Kier molecular flexibility index (Phi) is 10.7. The van der Waals surface area contributed by atoms with Crippen molar-refractivity contribution >= 4 is 11.9 Å². The maximum atomic E-state index is 11.8. The van der Waals surface area contributed by atoms with Crippen LogP contribution < -0.4 is 16.4 Å². The number of rotatable bonds is 11. The van der Waals surface area contributed by atoms with E-state index in [4.69, 9.17) is 5.73 Å². The first-order valence-corrected chi connectivity index (χ1v) is 8.26. The third-order valence-corrected chi connectivity index (χ3v) is 3.43. The molecule has 0 radical (unpaired) electrons. The lowest BCUT2D eigenvalue weighted by Crippen LogP contribution is -2.40. The Morgan fingerprint density at radius 3 is 2.29 bits per heavy atom. The summed E-state index contributed by atoms with van der Waals surface area (Å²) in [5, 5.41) is 5.93. The molecule has 0 atom stereocenters. The van der Waals surface area contributed by atoms with Gasteiger partial charge in [0.05, 0.1) is 12.0 Å². The third-order valence-electron chi connectivity index (χ3n) is 3.43. The molecule has 0 aromatic carbocycles. The second-order valence-corrected chi connectivity index (χ2v) is 6.14. The molecule has 0 fully saturated rings. The number of nitrogens with one attached hydrogen (secondary N) is 2. The van der Waals surface area contributed by atoms with E-state index in [-0.39, 0.29) is 5.91 Å². The van der Waals surface area contributed by atoms with E-state index in [1.165, 1.54) is 32.1 Å². The third kappa shape index (κ3) is 10.2. The van der Waals surface area contributed by atoms with Gasteiger partial charge in [0.25, 0.3) is 0 Å². The van der Waals surface area contributed by atoms with Gasteiger partial charge in [-0.25, -0.2) is 0 Å². The van der Waals surface area contributed by atoms with E-state index in [1.54, 1.807) is 0 Å². The van der Waals surface area contributed by atoms with Gasteiger partial charge >= 0.3 is 0 Å². The van der Waals surface area contributed by atoms with Crippen LogP contribution in [0.4, 0.5) is 0 Å². The average Bonchev–Trinajstić information content (AvgIpc) is 2.44. The SMILES string of the molecule is CCCCCCCCNC(N)=NCC(C)(C)C(=O)NCC. The molecular formula is C16H34N4O. The Hall–Kier alpha value is -1.26. The molecule has 0 bridgehead atoms. The molecule has 5 heteroatoms. The van der Waals surface area contributed by atoms with Crippen LogP contribution in [0.15, 0.2) is 4.99 Å². The Morgan fingerprint density at radius 2 is 1.67 bits per heavy atom. The van der Waals surface area contributed by atoms with Crippen LogP contribution in [0.2, 0.25) is 0 Å². The summed E-state index contributed by atoms with van der Waals surface area (Å²) >= 11 is 0. The van der Waals surface area contributed by atoms with Crippen LogP contribution in [-0.4, -0.2) is 31.5 Å². The fourth-order valence-electron chi connectivity index (χ4n) is 1.93. The molecule has 124 valence electrons. The summed E-state index contributed by atoms with van der Waals surface area (Å²) in [6, 6.07) is 0. The van der Waals surface area contributed by atoms with Crippen molar-refractivity contribution in [3.63, 3.8) is 0 Å². The maximum absolute atomic E-state index is 11.8. The van der Waals surface area contributed by atoms with Gasteiger partial charge in [0.15, 0.2) is 5.96 Å². The molecule has 0 aromatic heterocycles. The summed E-state index contributed by atoms with van der Waals surface area (Å²) in [7, 11) is 0. The summed E-state index contributed by atoms with van der Waals surface area (Å²) in [5.41, 5.74) is 5.30. The Balaban J connectivity index is 3.85. The number of unbranched alkanes of at least 4 members (excludes halogenated alkanes) is 5. The fourth-order valence-corrected chi connectivity index (χ4v) is 1.93. The van der Waals surface area contributed by atoms with E-state index in [9.17, 15) is 4.79 Å². The molecule has 0 aliphatic heterocycles. The number of amides is 1. The normalized spacial score (nSPS) is 12.3. The zero-order chi connectivity index (χ0) is 16.1. The fraction of sp³-hybridized carbons (Fsp3) is 0.875. The lowest BCUT2D eigenvalue weighted by atomic mass is 9.92. The number of guanidine groups is 1. The van der Waals surface area contributed by atoms with Crippen molar-refractivity contribution in [1.29, 1.82) is 0 Å². The molecule has 5 nitrogen and oxygen atoms in total. The summed E-state index contributed by atoms with van der Waals surface area (Å²) < 4.78 is 0. The van der Waals surface area contributed by atoms with Crippen LogP contribution in [0.3, 0.4) is 0 Å². The van der Waals surface area contributed by atoms with E-state index in [0.29, 0.717) is 19.0 Å². The molecule has 1 amide bonds. The number of aliphatic imine (C=N–C) groups is 1. The van der Waals surface area contributed by atoms with Gasteiger partial charge in [-0.3, -0.25) is 9.79 Å². The number of carbonyl (C=O) groups is 1. The number of carbonyl (C=O) groups excluding carboxylic acids is 1. The highest BCUT2D eigenvalue weighted by Gasteiger charge is 2.26. The first kappa shape index (κ1) is 19.7. The highest BCUT2D eigenvalue weighted by atomic mass is 16.2. The van der Waals surface area contributed by atoms with Crippen molar-refractivity contribution in [3.8, 4) is 0 Å². The van der Waals surface area contributed by atoms with Gasteiger partial charge < -0.3 is 16.4 Å². The first-order chi connectivity index (χ1) is 9.94. The minimum Gasteiger partial charge on any atom is -0.370 e. The van der Waals surface area contributed by atoms with Crippen LogP contribution in [-0.2, 0) is 4.79 Å². The van der Waals surface area contributed by atoms with Gasteiger partial charge in [-0.15, -0.1) is 0 Å². The molecule has 0 spiro atoms. The van der Waals surface area contributed by atoms with Crippen molar-refractivity contribution in [3.05, 3.63) is 0 Å². The van der Waals surface area contributed by atoms with E-state index in [0.717, 1.165) is 13.0 Å². The molecule has 0 saturated heterocycles. The van der Waals surface area contributed by atoms with Gasteiger partial charge in [-0.1, -0.05) is 39.0 Å². The van der Waals surface area contributed by atoms with Gasteiger partial charge in [-0.05, 0) is 27.2 Å². The van der Waals surface area contributed by atoms with Crippen molar-refractivity contribution in [2.45, 2.75) is 66.2 Å². The van der Waals surface area contributed by atoms with Crippen LogP contribution >= 0.6 is 0 Å². The second kappa shape index (κ2) is 11.4. The summed E-state index contributed by atoms with van der Waals surface area (Å²) in [6.07, 6.45) is 7.55. The molecule has 0 heterocycles. The molecule has 0 rings (SSSR count). The largest absolute Gasteiger partial charge is 0.370 e. The minimum absolute atomic E-state index is 0.0116. The lowest BCUT2D eigenvalue weighted by Gasteiger charge is -2.21. The quantitative estimate of drug-likeness (QED) is 0.311. The van der Waals surface area contributed by atoms with E-state index >= 15 is 0 Å². The number of hydrogen-bond donors (Lipinski definition) is 3. The topological polar surface area (TPSA) is 79.5 Å². The monoisotopic (exact) mass is 298 g/mol. The number of nitrogens with two attached hydrogens (primary N) is 1. The van der Waals surface area contributed by atoms with Gasteiger partial charge in [0.2, 0.25) is 5.91 Å². The smallest absolute Gasteiger partial charge is 0.227 e. The Morgan fingerprint density at radius 1 is 1.05 bits per heavy atom. The molecule has 0 saturated carbocycles. The zero-order valence-corrected chi connectivity index (χ0v) is 14.3. The Bertz CT molecular complexity index is 313. The molecule has 21 heavy (non-hydrogen) atoms. The first-order valence-electron chi connectivity index (χ1n) is 8.26. The van der Waals surface area contributed by atoms with Crippen molar-refractivity contribution in [2.75, 3.05) is 19.6 Å². The molecule has 0 aliphatic carbocycles. The summed E-state index contributed by atoms with van der Waals surface area (Å²) in [4.78, 5) is 16.1. The molecule has 0 aromatic rings. The van der Waals surface area contributed by atoms with Crippen LogP contribution in [0.25, 0.3) is 0 Å². The standard InChI is InChI=1S/C16H34N4O/c1-5-7-8-9-10-11-12-19-15(17)20-13-16(3,4)14(21)18-6-2/h5-13H2,1-4H3,(H,18,21)(H3,17,19,20). The number of nitrogens with zero attached hydrogens (tertiary/aromatic N) is 1. The van der Waals surface area contributed by atoms with Gasteiger partial charge in [0.1, 0.15) is 0 Å². The van der Waals surface area contributed by atoms with E-state index in [2.05, 4.69) is 22.5 Å². The molecule has 0 unspecified atom stereocenters. The van der Waals surface area contributed by atoms with Crippen LogP contribution in [0.5, 0.6) is 0 Å².